The van der Waals surface area contributed by atoms with Crippen LogP contribution in [0.1, 0.15) is 29.9 Å². The molecule has 36 heavy (non-hydrogen) atoms. The number of aromatic nitrogens is 2. The third-order valence-corrected chi connectivity index (χ3v) is 6.92. The number of thiocarbonyl (C=S) groups is 1. The van der Waals surface area contributed by atoms with E-state index in [1.807, 2.05) is 53.6 Å². The van der Waals surface area contributed by atoms with Crippen molar-refractivity contribution in [2.24, 2.45) is 0 Å². The summed E-state index contributed by atoms with van der Waals surface area (Å²) >= 11 is 9.31. The average molecular weight is 564 g/mol. The number of pyridine rings is 1. The predicted octanol–water partition coefficient (Wildman–Crippen LogP) is 5.78. The Balaban J connectivity index is 1.44. The van der Waals surface area contributed by atoms with E-state index in [-0.39, 0.29) is 30.2 Å². The number of nitrogens with one attached hydrogen (secondary N) is 2. The zero-order valence-corrected chi connectivity index (χ0v) is 21.5. The Hall–Kier alpha value is -3.56. The molecule has 182 valence electrons. The van der Waals surface area contributed by atoms with Crippen molar-refractivity contribution in [3.05, 3.63) is 113 Å². The molecule has 5 rings (SSSR count). The van der Waals surface area contributed by atoms with Crippen LogP contribution in [0.3, 0.4) is 0 Å². The van der Waals surface area contributed by atoms with Gasteiger partial charge in [-0.2, -0.15) is 0 Å². The molecule has 4 aromatic rings. The van der Waals surface area contributed by atoms with Crippen molar-refractivity contribution in [2.45, 2.75) is 18.5 Å². The van der Waals surface area contributed by atoms with Crippen LogP contribution in [0.5, 0.6) is 0 Å². The quantitative estimate of drug-likeness (QED) is 0.279. The summed E-state index contributed by atoms with van der Waals surface area (Å²) in [5, 5.41) is 6.81. The smallest absolute Gasteiger partial charge is 0.226 e. The molecule has 1 aliphatic rings. The molecule has 3 heterocycles. The lowest BCUT2D eigenvalue weighted by atomic mass is 10.0. The zero-order chi connectivity index (χ0) is 25.1. The van der Waals surface area contributed by atoms with Crippen molar-refractivity contribution in [3.63, 3.8) is 0 Å². The van der Waals surface area contributed by atoms with Crippen molar-refractivity contribution in [3.8, 4) is 5.69 Å². The van der Waals surface area contributed by atoms with E-state index in [4.69, 9.17) is 12.2 Å². The van der Waals surface area contributed by atoms with Gasteiger partial charge in [0.1, 0.15) is 5.82 Å². The molecule has 2 aromatic carbocycles. The molecule has 1 fully saturated rings. The summed E-state index contributed by atoms with van der Waals surface area (Å²) < 4.78 is 16.3. The predicted molar refractivity (Wildman–Crippen MR) is 145 cm³/mol. The van der Waals surface area contributed by atoms with Gasteiger partial charge in [0.2, 0.25) is 5.91 Å². The molecule has 1 aliphatic heterocycles. The molecule has 0 bridgehead atoms. The van der Waals surface area contributed by atoms with E-state index >= 15 is 0 Å². The van der Waals surface area contributed by atoms with Crippen LogP contribution in [0.25, 0.3) is 5.69 Å². The van der Waals surface area contributed by atoms with Crippen molar-refractivity contribution in [2.75, 3.05) is 11.9 Å². The second-order valence-electron chi connectivity index (χ2n) is 8.41. The number of hydrogen-bond donors (Lipinski definition) is 2. The molecule has 1 amide bonds. The van der Waals surface area contributed by atoms with Gasteiger partial charge in [-0.05, 0) is 78.9 Å². The van der Waals surface area contributed by atoms with E-state index in [0.717, 1.165) is 21.5 Å². The van der Waals surface area contributed by atoms with E-state index in [1.54, 1.807) is 18.3 Å². The Morgan fingerprint density at radius 2 is 1.92 bits per heavy atom. The molecule has 2 aromatic heterocycles. The van der Waals surface area contributed by atoms with Gasteiger partial charge in [0.05, 0.1) is 17.8 Å². The maximum Gasteiger partial charge on any atom is 0.226 e. The zero-order valence-electron chi connectivity index (χ0n) is 19.1. The summed E-state index contributed by atoms with van der Waals surface area (Å²) in [4.78, 5) is 19.3. The Bertz CT molecular complexity index is 1380. The van der Waals surface area contributed by atoms with Crippen LogP contribution in [0.15, 0.2) is 95.7 Å². The number of hydrogen-bond acceptors (Lipinski definition) is 3. The molecular weight excluding hydrogens is 541 g/mol. The molecule has 9 heteroatoms. The SMILES string of the molecule is O=C(CCN1C(=S)N[C@H](c2ccccn2)[C@@H]1c1cccn1-c1cccc(Br)c1)Nc1ccc(F)cc1. The summed E-state index contributed by atoms with van der Waals surface area (Å²) in [6.07, 6.45) is 4.00. The first-order valence-electron chi connectivity index (χ1n) is 11.5. The van der Waals surface area contributed by atoms with Crippen LogP contribution in [0.4, 0.5) is 10.1 Å². The lowest BCUT2D eigenvalue weighted by Gasteiger charge is -2.29. The van der Waals surface area contributed by atoms with Gasteiger partial charge in [-0.3, -0.25) is 9.78 Å². The van der Waals surface area contributed by atoms with Crippen molar-refractivity contribution < 1.29 is 9.18 Å². The molecule has 0 aliphatic carbocycles. The van der Waals surface area contributed by atoms with Crippen molar-refractivity contribution in [1.82, 2.24) is 19.8 Å². The summed E-state index contributed by atoms with van der Waals surface area (Å²) in [6, 6.07) is 23.3. The number of halogens is 2. The minimum atomic E-state index is -0.349. The van der Waals surface area contributed by atoms with E-state index in [1.165, 1.54) is 12.1 Å². The molecule has 0 unspecified atom stereocenters. The Morgan fingerprint density at radius 3 is 2.67 bits per heavy atom. The molecular formula is C27H23BrFN5OS. The van der Waals surface area contributed by atoms with Crippen molar-refractivity contribution in [1.29, 1.82) is 0 Å². The summed E-state index contributed by atoms with van der Waals surface area (Å²) in [7, 11) is 0. The maximum absolute atomic E-state index is 13.2. The number of carbonyl (C=O) groups is 1. The highest BCUT2D eigenvalue weighted by Crippen LogP contribution is 2.39. The van der Waals surface area contributed by atoms with Crippen LogP contribution in [0.2, 0.25) is 0 Å². The number of anilines is 1. The van der Waals surface area contributed by atoms with Crippen LogP contribution in [0, 0.1) is 5.82 Å². The number of benzene rings is 2. The van der Waals surface area contributed by atoms with Gasteiger partial charge >= 0.3 is 0 Å². The molecule has 2 N–H and O–H groups in total. The average Bonchev–Trinajstić information content (AvgIpc) is 3.49. The standard InChI is InChI=1S/C27H23BrFN5OS/c28-18-5-3-6-21(17-18)33-15-4-8-23(33)26-25(22-7-1-2-14-30-22)32-27(36)34(26)16-13-24(35)31-20-11-9-19(29)10-12-20/h1-12,14-15,17,25-26H,13,16H2,(H,31,35)(H,32,36)/t25-,26+/m1/s1. The monoisotopic (exact) mass is 563 g/mol. The summed E-state index contributed by atoms with van der Waals surface area (Å²) in [5.74, 6) is -0.523. The van der Waals surface area contributed by atoms with Gasteiger partial charge in [0, 0.05) is 46.9 Å². The highest BCUT2D eigenvalue weighted by atomic mass is 79.9. The second-order valence-corrected chi connectivity index (χ2v) is 9.71. The molecule has 2 atom stereocenters. The third kappa shape index (κ3) is 5.17. The number of carbonyl (C=O) groups excluding carboxylic acids is 1. The fourth-order valence-electron chi connectivity index (χ4n) is 4.44. The highest BCUT2D eigenvalue weighted by molar-refractivity contribution is 9.10. The molecule has 0 spiro atoms. The van der Waals surface area contributed by atoms with Gasteiger partial charge < -0.3 is 20.1 Å². The van der Waals surface area contributed by atoms with Crippen LogP contribution in [-0.2, 0) is 4.79 Å². The number of nitrogens with zero attached hydrogens (tertiary/aromatic N) is 3. The largest absolute Gasteiger partial charge is 0.352 e. The summed E-state index contributed by atoms with van der Waals surface area (Å²) in [6.45, 7) is 0.399. The van der Waals surface area contributed by atoms with E-state index in [2.05, 4.69) is 48.2 Å². The van der Waals surface area contributed by atoms with Crippen molar-refractivity contribution >= 4 is 44.9 Å². The third-order valence-electron chi connectivity index (χ3n) is 6.08. The van der Waals surface area contributed by atoms with Gasteiger partial charge in [-0.1, -0.05) is 28.1 Å². The van der Waals surface area contributed by atoms with Crippen LogP contribution >= 0.6 is 28.1 Å². The minimum absolute atomic E-state index is 0.174. The fourth-order valence-corrected chi connectivity index (χ4v) is 5.16. The van der Waals surface area contributed by atoms with E-state index < -0.39 is 0 Å². The molecule has 6 nitrogen and oxygen atoms in total. The normalized spacial score (nSPS) is 17.2. The van der Waals surface area contributed by atoms with Gasteiger partial charge in [0.25, 0.3) is 0 Å². The first kappa shape index (κ1) is 24.1. The van der Waals surface area contributed by atoms with Gasteiger partial charge in [-0.15, -0.1) is 0 Å². The summed E-state index contributed by atoms with van der Waals surface area (Å²) in [5.41, 5.74) is 3.45. The lowest BCUT2D eigenvalue weighted by Crippen LogP contribution is -2.33. The fraction of sp³-hybridized carbons (Fsp3) is 0.148. The van der Waals surface area contributed by atoms with Gasteiger partial charge in [-0.25, -0.2) is 4.39 Å². The maximum atomic E-state index is 13.2. The molecule has 1 saturated heterocycles. The Morgan fingerprint density at radius 1 is 1.08 bits per heavy atom. The lowest BCUT2D eigenvalue weighted by molar-refractivity contribution is -0.116. The van der Waals surface area contributed by atoms with Crippen LogP contribution in [-0.4, -0.2) is 32.0 Å². The van der Waals surface area contributed by atoms with E-state index in [9.17, 15) is 9.18 Å². The number of amides is 1. The van der Waals surface area contributed by atoms with E-state index in [0.29, 0.717) is 17.3 Å². The topological polar surface area (TPSA) is 62.2 Å². The minimum Gasteiger partial charge on any atom is -0.352 e. The Labute approximate surface area is 222 Å². The molecule has 0 saturated carbocycles. The first-order chi connectivity index (χ1) is 17.5. The molecule has 0 radical (unpaired) electrons. The first-order valence-corrected chi connectivity index (χ1v) is 12.7. The van der Waals surface area contributed by atoms with Crippen LogP contribution < -0.4 is 10.6 Å². The highest BCUT2D eigenvalue weighted by Gasteiger charge is 2.41. The number of rotatable bonds is 7. The second kappa shape index (κ2) is 10.6. The van der Waals surface area contributed by atoms with Gasteiger partial charge in [0.15, 0.2) is 5.11 Å². The Kier molecular flexibility index (Phi) is 7.11.